The summed E-state index contributed by atoms with van der Waals surface area (Å²) in [7, 11) is 0. The molecule has 1 heterocycles. The number of nitrogens with zero attached hydrogens (tertiary/aromatic N) is 1. The topological polar surface area (TPSA) is 24.9 Å². The third-order valence-corrected chi connectivity index (χ3v) is 4.37. The predicted molar refractivity (Wildman–Crippen MR) is 78.1 cm³/mol. The summed E-state index contributed by atoms with van der Waals surface area (Å²) in [6.07, 6.45) is 0. The molecule has 0 unspecified atom stereocenters. The first-order valence-electron chi connectivity index (χ1n) is 5.17. The van der Waals surface area contributed by atoms with Crippen molar-refractivity contribution in [2.24, 2.45) is 0 Å². The minimum atomic E-state index is 0.719. The molecule has 0 bridgehead atoms. The Morgan fingerprint density at radius 2 is 2.18 bits per heavy atom. The van der Waals surface area contributed by atoms with Gasteiger partial charge in [-0.1, -0.05) is 11.6 Å². The van der Waals surface area contributed by atoms with Gasteiger partial charge in [0.2, 0.25) is 0 Å². The van der Waals surface area contributed by atoms with Crippen molar-refractivity contribution in [1.29, 1.82) is 0 Å². The molecule has 0 spiro atoms. The molecule has 2 rings (SSSR count). The highest BCUT2D eigenvalue weighted by molar-refractivity contribution is 9.10. The summed E-state index contributed by atoms with van der Waals surface area (Å²) >= 11 is 11.3. The van der Waals surface area contributed by atoms with E-state index in [4.69, 9.17) is 11.6 Å². The molecule has 0 aliphatic carbocycles. The van der Waals surface area contributed by atoms with Gasteiger partial charge < -0.3 is 5.32 Å². The Labute approximate surface area is 118 Å². The van der Waals surface area contributed by atoms with E-state index in [1.807, 2.05) is 31.4 Å². The highest BCUT2D eigenvalue weighted by Crippen LogP contribution is 2.29. The van der Waals surface area contributed by atoms with Gasteiger partial charge in [-0.15, -0.1) is 11.3 Å². The van der Waals surface area contributed by atoms with Crippen LogP contribution in [0.5, 0.6) is 0 Å². The van der Waals surface area contributed by atoms with Crippen LogP contribution in [0.1, 0.15) is 16.3 Å². The molecule has 2 nitrogen and oxygen atoms in total. The van der Waals surface area contributed by atoms with Gasteiger partial charge in [-0.2, -0.15) is 0 Å². The number of aromatic nitrogens is 1. The number of nitrogens with one attached hydrogen (secondary N) is 1. The Kier molecular flexibility index (Phi) is 4.07. The van der Waals surface area contributed by atoms with Gasteiger partial charge in [0, 0.05) is 20.6 Å². The highest BCUT2D eigenvalue weighted by atomic mass is 79.9. The van der Waals surface area contributed by atoms with Gasteiger partial charge in [0.15, 0.2) is 0 Å². The zero-order valence-electron chi connectivity index (χ0n) is 9.55. The number of hydrogen-bond acceptors (Lipinski definition) is 3. The summed E-state index contributed by atoms with van der Waals surface area (Å²) in [5, 5.41) is 7.22. The van der Waals surface area contributed by atoms with Gasteiger partial charge in [-0.05, 0) is 47.5 Å². The second-order valence-electron chi connectivity index (χ2n) is 3.82. The molecule has 90 valence electrons. The molecule has 2 aromatic rings. The number of rotatable bonds is 3. The number of halogens is 2. The summed E-state index contributed by atoms with van der Waals surface area (Å²) in [5.74, 6) is 0. The molecule has 0 aliphatic rings. The molecule has 0 amide bonds. The summed E-state index contributed by atoms with van der Waals surface area (Å²) < 4.78 is 1.02. The SMILES string of the molecule is Cc1csc(CNc2cc(Cl)c(C)cc2Br)n1. The smallest absolute Gasteiger partial charge is 0.112 e. The van der Waals surface area contributed by atoms with Crippen molar-refractivity contribution < 1.29 is 0 Å². The fraction of sp³-hybridized carbons (Fsp3) is 0.250. The Morgan fingerprint density at radius 1 is 1.41 bits per heavy atom. The van der Waals surface area contributed by atoms with Crippen molar-refractivity contribution in [3.05, 3.63) is 43.3 Å². The maximum absolute atomic E-state index is 6.10. The van der Waals surface area contributed by atoms with Crippen LogP contribution in [0.2, 0.25) is 5.02 Å². The van der Waals surface area contributed by atoms with Gasteiger partial charge >= 0.3 is 0 Å². The quantitative estimate of drug-likeness (QED) is 0.875. The second kappa shape index (κ2) is 5.38. The molecule has 1 aromatic heterocycles. The van der Waals surface area contributed by atoms with E-state index < -0.39 is 0 Å². The average Bonchev–Trinajstić information content (AvgIpc) is 2.68. The lowest BCUT2D eigenvalue weighted by Crippen LogP contribution is -2.00. The van der Waals surface area contributed by atoms with E-state index in [1.54, 1.807) is 11.3 Å². The predicted octanol–water partition coefficient (Wildman–Crippen LogP) is 4.79. The molecule has 5 heteroatoms. The number of anilines is 1. The summed E-state index contributed by atoms with van der Waals surface area (Å²) in [6, 6.07) is 3.94. The van der Waals surface area contributed by atoms with Crippen LogP contribution >= 0.6 is 38.9 Å². The van der Waals surface area contributed by atoms with Crippen LogP contribution in [-0.2, 0) is 6.54 Å². The molecule has 1 N–H and O–H groups in total. The molecular weight excluding hydrogens is 320 g/mol. The molecule has 0 saturated heterocycles. The monoisotopic (exact) mass is 330 g/mol. The van der Waals surface area contributed by atoms with Gasteiger partial charge in [-0.25, -0.2) is 4.98 Å². The molecule has 17 heavy (non-hydrogen) atoms. The average molecular weight is 332 g/mol. The third-order valence-electron chi connectivity index (χ3n) is 2.34. The van der Waals surface area contributed by atoms with E-state index in [2.05, 4.69) is 26.2 Å². The molecule has 0 radical (unpaired) electrons. The summed E-state index contributed by atoms with van der Waals surface area (Å²) in [4.78, 5) is 4.40. The Hall–Kier alpha value is -0.580. The fourth-order valence-corrected chi connectivity index (χ4v) is 2.91. The molecule has 0 saturated carbocycles. The lowest BCUT2D eigenvalue weighted by molar-refractivity contribution is 1.07. The summed E-state index contributed by atoms with van der Waals surface area (Å²) in [5.41, 5.74) is 3.12. The van der Waals surface area contributed by atoms with Crippen LogP contribution in [0, 0.1) is 13.8 Å². The van der Waals surface area contributed by atoms with Crippen molar-refractivity contribution in [2.45, 2.75) is 20.4 Å². The van der Waals surface area contributed by atoms with E-state index in [9.17, 15) is 0 Å². The Bertz CT molecular complexity index is 539. The third kappa shape index (κ3) is 3.21. The molecule has 0 aliphatic heterocycles. The maximum Gasteiger partial charge on any atom is 0.112 e. The second-order valence-corrected chi connectivity index (χ2v) is 6.02. The van der Waals surface area contributed by atoms with Crippen LogP contribution in [0.4, 0.5) is 5.69 Å². The normalized spacial score (nSPS) is 10.6. The molecule has 1 aromatic carbocycles. The van der Waals surface area contributed by atoms with E-state index >= 15 is 0 Å². The maximum atomic E-state index is 6.10. The van der Waals surface area contributed by atoms with Gasteiger partial charge in [-0.3, -0.25) is 0 Å². The fourth-order valence-electron chi connectivity index (χ4n) is 1.44. The van der Waals surface area contributed by atoms with Crippen molar-refractivity contribution in [2.75, 3.05) is 5.32 Å². The lowest BCUT2D eigenvalue weighted by Gasteiger charge is -2.09. The van der Waals surface area contributed by atoms with Gasteiger partial charge in [0.25, 0.3) is 0 Å². The van der Waals surface area contributed by atoms with E-state index in [0.29, 0.717) is 0 Å². The van der Waals surface area contributed by atoms with Crippen molar-refractivity contribution in [3.63, 3.8) is 0 Å². The van der Waals surface area contributed by atoms with Crippen LogP contribution in [0.3, 0.4) is 0 Å². The standard InChI is InChI=1S/C12H12BrClN2S/c1-7-3-9(13)11(4-10(7)14)15-5-12-16-8(2)6-17-12/h3-4,6,15H,5H2,1-2H3. The van der Waals surface area contributed by atoms with Crippen LogP contribution in [-0.4, -0.2) is 4.98 Å². The van der Waals surface area contributed by atoms with Crippen LogP contribution < -0.4 is 5.32 Å². The number of thiazole rings is 1. The van der Waals surface area contributed by atoms with E-state index in [-0.39, 0.29) is 0 Å². The van der Waals surface area contributed by atoms with Gasteiger partial charge in [0.05, 0.1) is 12.2 Å². The molecular formula is C12H12BrClN2S. The molecule has 0 atom stereocenters. The first-order chi connectivity index (χ1) is 8.06. The van der Waals surface area contributed by atoms with Crippen LogP contribution in [0.25, 0.3) is 0 Å². The number of hydrogen-bond donors (Lipinski definition) is 1. The zero-order chi connectivity index (χ0) is 12.4. The largest absolute Gasteiger partial charge is 0.378 e. The van der Waals surface area contributed by atoms with E-state index in [0.717, 1.165) is 38.0 Å². The minimum Gasteiger partial charge on any atom is -0.378 e. The first-order valence-corrected chi connectivity index (χ1v) is 7.22. The van der Waals surface area contributed by atoms with Crippen LogP contribution in [0.15, 0.2) is 22.0 Å². The zero-order valence-corrected chi connectivity index (χ0v) is 12.7. The number of benzene rings is 1. The van der Waals surface area contributed by atoms with Crippen molar-refractivity contribution in [3.8, 4) is 0 Å². The number of aryl methyl sites for hydroxylation is 2. The first kappa shape index (κ1) is 12.9. The van der Waals surface area contributed by atoms with E-state index in [1.165, 1.54) is 0 Å². The Morgan fingerprint density at radius 3 is 2.82 bits per heavy atom. The van der Waals surface area contributed by atoms with Crippen molar-refractivity contribution in [1.82, 2.24) is 4.98 Å². The Balaban J connectivity index is 2.11. The van der Waals surface area contributed by atoms with Gasteiger partial charge in [0.1, 0.15) is 5.01 Å². The van der Waals surface area contributed by atoms with Crippen molar-refractivity contribution >= 4 is 44.6 Å². The highest BCUT2D eigenvalue weighted by Gasteiger charge is 2.05. The minimum absolute atomic E-state index is 0.719. The lowest BCUT2D eigenvalue weighted by atomic mass is 10.2. The molecule has 0 fully saturated rings. The summed E-state index contributed by atoms with van der Waals surface area (Å²) in [6.45, 7) is 4.70.